The molecule has 1 aromatic rings. The maximum atomic E-state index is 13.0. The molecule has 178 valence electrons. The van der Waals surface area contributed by atoms with E-state index >= 15 is 0 Å². The monoisotopic (exact) mass is 456 g/mol. The number of benzene rings is 1. The Hall–Kier alpha value is -1.96. The van der Waals surface area contributed by atoms with Crippen LogP contribution in [0.15, 0.2) is 18.2 Å². The van der Waals surface area contributed by atoms with Gasteiger partial charge in [-0.15, -0.1) is 13.2 Å². The largest absolute Gasteiger partial charge is 0.573 e. The third-order valence-electron chi connectivity index (χ3n) is 7.27. The standard InChI is InChI=1S/C24H31F3O5/c25-24(26,27)31-18-13-14-20-19(15-18)23(32-22(30-20)21(28)29,16-9-5-1-2-6-10-16)17-11-7-3-4-8-12-17/h13-17,22H,1-12H2,(H,28,29). The van der Waals surface area contributed by atoms with Crippen molar-refractivity contribution in [2.75, 3.05) is 0 Å². The molecule has 0 amide bonds. The number of alkyl halides is 3. The van der Waals surface area contributed by atoms with Crippen molar-refractivity contribution in [2.45, 2.75) is 95.3 Å². The van der Waals surface area contributed by atoms with E-state index in [1.807, 2.05) is 0 Å². The Morgan fingerprint density at radius 3 is 1.94 bits per heavy atom. The molecule has 1 heterocycles. The molecule has 4 rings (SSSR count). The predicted molar refractivity (Wildman–Crippen MR) is 110 cm³/mol. The van der Waals surface area contributed by atoms with Crippen LogP contribution in [0, 0.1) is 11.8 Å². The number of carboxylic acids is 1. The number of fused-ring (bicyclic) bond motifs is 1. The minimum atomic E-state index is -4.82. The summed E-state index contributed by atoms with van der Waals surface area (Å²) < 4.78 is 55.2. The van der Waals surface area contributed by atoms with Crippen molar-refractivity contribution in [3.8, 4) is 11.5 Å². The SMILES string of the molecule is O=C(O)C1Oc2ccc(OC(F)(F)F)cc2C(C2CCCCCC2)(C2CCCCCC2)O1. The van der Waals surface area contributed by atoms with Gasteiger partial charge in [-0.25, -0.2) is 4.79 Å². The van der Waals surface area contributed by atoms with E-state index in [1.54, 1.807) is 0 Å². The molecule has 2 fully saturated rings. The molecule has 2 saturated carbocycles. The van der Waals surface area contributed by atoms with Crippen molar-refractivity contribution in [3.05, 3.63) is 23.8 Å². The highest BCUT2D eigenvalue weighted by Crippen LogP contribution is 2.56. The molecule has 1 aromatic carbocycles. The maximum Gasteiger partial charge on any atom is 0.573 e. The molecule has 1 N–H and O–H groups in total. The quantitative estimate of drug-likeness (QED) is 0.521. The second kappa shape index (κ2) is 9.49. The van der Waals surface area contributed by atoms with Crippen LogP contribution in [0.25, 0.3) is 0 Å². The van der Waals surface area contributed by atoms with Gasteiger partial charge in [0.15, 0.2) is 0 Å². The molecule has 0 saturated heterocycles. The zero-order valence-electron chi connectivity index (χ0n) is 18.2. The molecular formula is C24H31F3O5. The van der Waals surface area contributed by atoms with Crippen molar-refractivity contribution >= 4 is 5.97 Å². The van der Waals surface area contributed by atoms with Gasteiger partial charge in [-0.3, -0.25) is 0 Å². The van der Waals surface area contributed by atoms with E-state index in [0.29, 0.717) is 5.56 Å². The Morgan fingerprint density at radius 1 is 0.938 bits per heavy atom. The second-order valence-electron chi connectivity index (χ2n) is 9.28. The Labute approximate surface area is 186 Å². The highest BCUT2D eigenvalue weighted by atomic mass is 19.4. The van der Waals surface area contributed by atoms with E-state index in [4.69, 9.17) is 9.47 Å². The first-order valence-corrected chi connectivity index (χ1v) is 11.8. The molecule has 5 nitrogen and oxygen atoms in total. The van der Waals surface area contributed by atoms with Gasteiger partial charge in [0.05, 0.1) is 0 Å². The summed E-state index contributed by atoms with van der Waals surface area (Å²) in [6.07, 6.45) is 5.48. The molecule has 0 spiro atoms. The van der Waals surface area contributed by atoms with Crippen molar-refractivity contribution in [1.29, 1.82) is 0 Å². The van der Waals surface area contributed by atoms with Crippen molar-refractivity contribution in [3.63, 3.8) is 0 Å². The van der Waals surface area contributed by atoms with Gasteiger partial charge in [-0.2, -0.15) is 0 Å². The lowest BCUT2D eigenvalue weighted by atomic mass is 9.66. The molecule has 3 aliphatic rings. The zero-order chi connectivity index (χ0) is 22.8. The topological polar surface area (TPSA) is 65.0 Å². The normalized spacial score (nSPS) is 25.2. The molecular weight excluding hydrogens is 425 g/mol. The van der Waals surface area contributed by atoms with Crippen molar-refractivity contribution in [2.24, 2.45) is 11.8 Å². The molecule has 1 aliphatic heterocycles. The number of halogens is 3. The van der Waals surface area contributed by atoms with Gasteiger partial charge in [-0.1, -0.05) is 51.4 Å². The Kier molecular flexibility index (Phi) is 6.89. The van der Waals surface area contributed by atoms with Crippen LogP contribution in [-0.2, 0) is 15.1 Å². The van der Waals surface area contributed by atoms with Gasteiger partial charge in [-0.05, 0) is 55.7 Å². The van der Waals surface area contributed by atoms with Crippen molar-refractivity contribution in [1.82, 2.24) is 0 Å². The predicted octanol–water partition coefficient (Wildman–Crippen LogP) is 6.54. The van der Waals surface area contributed by atoms with E-state index in [1.165, 1.54) is 18.2 Å². The summed E-state index contributed by atoms with van der Waals surface area (Å²) in [5.41, 5.74) is -0.494. The number of aliphatic carboxylic acids is 1. The summed E-state index contributed by atoms with van der Waals surface area (Å²) in [6, 6.07) is 3.95. The summed E-state index contributed by atoms with van der Waals surface area (Å²) in [7, 11) is 0. The van der Waals surface area contributed by atoms with E-state index in [-0.39, 0.29) is 23.3 Å². The van der Waals surface area contributed by atoms with Crippen LogP contribution >= 0.6 is 0 Å². The lowest BCUT2D eigenvalue weighted by molar-refractivity contribution is -0.275. The van der Waals surface area contributed by atoms with E-state index in [0.717, 1.165) is 77.0 Å². The van der Waals surface area contributed by atoms with Gasteiger partial charge in [0.1, 0.15) is 17.1 Å². The molecule has 32 heavy (non-hydrogen) atoms. The molecule has 0 bridgehead atoms. The van der Waals surface area contributed by atoms with Crippen LogP contribution in [0.1, 0.15) is 82.6 Å². The van der Waals surface area contributed by atoms with Crippen LogP contribution in [0.2, 0.25) is 0 Å². The summed E-state index contributed by atoms with van der Waals surface area (Å²) in [5.74, 6) is -1.24. The first kappa shape index (κ1) is 23.2. The van der Waals surface area contributed by atoms with Crippen LogP contribution in [-0.4, -0.2) is 23.7 Å². The van der Waals surface area contributed by atoms with Crippen LogP contribution in [0.5, 0.6) is 11.5 Å². The fraction of sp³-hybridized carbons (Fsp3) is 0.708. The van der Waals surface area contributed by atoms with Crippen LogP contribution in [0.4, 0.5) is 13.2 Å². The Bertz CT molecular complexity index is 773. The minimum Gasteiger partial charge on any atom is -0.477 e. The Morgan fingerprint density at radius 2 is 1.47 bits per heavy atom. The number of carbonyl (C=O) groups is 1. The molecule has 2 aliphatic carbocycles. The molecule has 1 atom stereocenters. The van der Waals surface area contributed by atoms with Crippen LogP contribution < -0.4 is 9.47 Å². The van der Waals surface area contributed by atoms with Gasteiger partial charge in [0.2, 0.25) is 0 Å². The molecule has 1 unspecified atom stereocenters. The lowest BCUT2D eigenvalue weighted by Crippen LogP contribution is -2.53. The van der Waals surface area contributed by atoms with Gasteiger partial charge in [0.25, 0.3) is 6.29 Å². The van der Waals surface area contributed by atoms with E-state index < -0.39 is 24.2 Å². The average Bonchev–Trinajstić information content (AvgIpc) is 3.18. The lowest BCUT2D eigenvalue weighted by Gasteiger charge is -2.50. The third-order valence-corrected chi connectivity index (χ3v) is 7.27. The minimum absolute atomic E-state index is 0.0127. The number of ether oxygens (including phenoxy) is 3. The van der Waals surface area contributed by atoms with E-state index in [9.17, 15) is 23.1 Å². The second-order valence-corrected chi connectivity index (χ2v) is 9.28. The smallest absolute Gasteiger partial charge is 0.477 e. The third kappa shape index (κ3) is 4.85. The number of carboxylic acid groups (broad SMARTS) is 1. The summed E-state index contributed by atoms with van der Waals surface area (Å²) in [4.78, 5) is 12.0. The van der Waals surface area contributed by atoms with Crippen molar-refractivity contribution < 1.29 is 37.3 Å². The number of hydrogen-bond donors (Lipinski definition) is 1. The summed E-state index contributed by atoms with van der Waals surface area (Å²) >= 11 is 0. The van der Waals surface area contributed by atoms with Crippen LogP contribution in [0.3, 0.4) is 0 Å². The molecule has 0 aromatic heterocycles. The first-order chi connectivity index (χ1) is 15.3. The van der Waals surface area contributed by atoms with Gasteiger partial charge < -0.3 is 19.3 Å². The van der Waals surface area contributed by atoms with E-state index in [2.05, 4.69) is 4.74 Å². The number of hydrogen-bond acceptors (Lipinski definition) is 4. The fourth-order valence-corrected chi connectivity index (χ4v) is 5.98. The molecule has 0 radical (unpaired) electrons. The van der Waals surface area contributed by atoms with Gasteiger partial charge in [0, 0.05) is 5.56 Å². The first-order valence-electron chi connectivity index (χ1n) is 11.8. The summed E-state index contributed by atoms with van der Waals surface area (Å²) in [5, 5.41) is 9.79. The molecule has 8 heteroatoms. The highest BCUT2D eigenvalue weighted by Gasteiger charge is 2.54. The average molecular weight is 457 g/mol. The number of rotatable bonds is 4. The summed E-state index contributed by atoms with van der Waals surface area (Å²) in [6.45, 7) is 0. The fourth-order valence-electron chi connectivity index (χ4n) is 5.98. The highest BCUT2D eigenvalue weighted by molar-refractivity contribution is 5.72. The van der Waals surface area contributed by atoms with Gasteiger partial charge >= 0.3 is 12.3 Å². The zero-order valence-corrected chi connectivity index (χ0v) is 18.2. The maximum absolute atomic E-state index is 13.0. The Balaban J connectivity index is 1.86.